The van der Waals surface area contributed by atoms with Crippen molar-refractivity contribution >= 4 is 28.9 Å². The van der Waals surface area contributed by atoms with Crippen molar-refractivity contribution in [2.24, 2.45) is 10.1 Å². The minimum absolute atomic E-state index is 0.145. The second-order valence-electron chi connectivity index (χ2n) is 12.0. The van der Waals surface area contributed by atoms with Gasteiger partial charge in [0.15, 0.2) is 6.29 Å². The number of rotatable bonds is 11. The van der Waals surface area contributed by atoms with Gasteiger partial charge in [0.25, 0.3) is 0 Å². The van der Waals surface area contributed by atoms with Crippen LogP contribution in [0.15, 0.2) is 150 Å². The van der Waals surface area contributed by atoms with Gasteiger partial charge in [-0.05, 0) is 47.0 Å². The lowest BCUT2D eigenvalue weighted by Crippen LogP contribution is -2.63. The fourth-order valence-electron chi connectivity index (χ4n) is 5.98. The van der Waals surface area contributed by atoms with Gasteiger partial charge in [-0.15, -0.1) is 0 Å². The van der Waals surface area contributed by atoms with Crippen molar-refractivity contribution in [3.63, 3.8) is 0 Å². The lowest BCUT2D eigenvalue weighted by molar-refractivity contribution is -0.363. The molecular formula is C40H35ClN4O6. The van der Waals surface area contributed by atoms with E-state index in [2.05, 4.69) is 10.0 Å². The monoisotopic (exact) mass is 702 g/mol. The third kappa shape index (κ3) is 8.65. The van der Waals surface area contributed by atoms with Crippen LogP contribution >= 0.6 is 11.6 Å². The zero-order chi connectivity index (χ0) is 34.8. The first kappa shape index (κ1) is 34.4. The van der Waals surface area contributed by atoms with E-state index in [0.717, 1.165) is 27.9 Å². The lowest BCUT2D eigenvalue weighted by atomic mass is 9.97. The van der Waals surface area contributed by atoms with Crippen LogP contribution in [-0.2, 0) is 41.6 Å². The van der Waals surface area contributed by atoms with E-state index >= 15 is 0 Å². The molecule has 0 saturated carbocycles. The van der Waals surface area contributed by atoms with E-state index in [1.807, 2.05) is 121 Å². The van der Waals surface area contributed by atoms with Gasteiger partial charge in [0, 0.05) is 16.0 Å². The second-order valence-corrected chi connectivity index (χ2v) is 12.4. The predicted octanol–water partition coefficient (Wildman–Crippen LogP) is 9.39. The summed E-state index contributed by atoms with van der Waals surface area (Å²) in [5.74, 6) is 0.359. The summed E-state index contributed by atoms with van der Waals surface area (Å²) >= 11 is 6.44. The number of ether oxygens (including phenoxy) is 6. The highest BCUT2D eigenvalue weighted by atomic mass is 35.5. The van der Waals surface area contributed by atoms with Gasteiger partial charge in [0.1, 0.15) is 24.4 Å². The molecule has 51 heavy (non-hydrogen) atoms. The molecule has 258 valence electrons. The highest BCUT2D eigenvalue weighted by Crippen LogP contribution is 2.38. The molecule has 0 bridgehead atoms. The summed E-state index contributed by atoms with van der Waals surface area (Å²) in [6, 6.07) is 44.0. The molecule has 2 aliphatic heterocycles. The predicted molar refractivity (Wildman–Crippen MR) is 193 cm³/mol. The van der Waals surface area contributed by atoms with Gasteiger partial charge in [-0.25, -0.2) is 4.99 Å². The molecule has 6 atom stereocenters. The molecule has 7 rings (SSSR count). The van der Waals surface area contributed by atoms with Crippen LogP contribution in [0.1, 0.15) is 28.5 Å². The van der Waals surface area contributed by atoms with Crippen molar-refractivity contribution < 1.29 is 28.4 Å². The Hall–Kier alpha value is -5.03. The fraction of sp³-hybridized carbons (Fsp3) is 0.225. The molecule has 2 heterocycles. The fourth-order valence-corrected chi connectivity index (χ4v) is 6.23. The van der Waals surface area contributed by atoms with E-state index in [4.69, 9.17) is 50.5 Å². The summed E-state index contributed by atoms with van der Waals surface area (Å²) < 4.78 is 39.7. The van der Waals surface area contributed by atoms with Crippen molar-refractivity contribution in [2.75, 3.05) is 6.61 Å². The van der Waals surface area contributed by atoms with Gasteiger partial charge >= 0.3 is 0 Å². The average molecular weight is 703 g/mol. The third-order valence-electron chi connectivity index (χ3n) is 8.48. The minimum Gasteiger partial charge on any atom is -0.444 e. The normalized spacial score (nSPS) is 23.1. The Morgan fingerprint density at radius 2 is 1.39 bits per heavy atom. The molecule has 0 aliphatic carbocycles. The molecule has 0 radical (unpaired) electrons. The molecule has 0 amide bonds. The highest BCUT2D eigenvalue weighted by molar-refractivity contribution is 6.33. The number of azide groups is 1. The van der Waals surface area contributed by atoms with E-state index < -0.39 is 37.0 Å². The second kappa shape index (κ2) is 16.8. The molecule has 5 aromatic rings. The molecule has 5 aromatic carbocycles. The van der Waals surface area contributed by atoms with Gasteiger partial charge < -0.3 is 28.4 Å². The Kier molecular flexibility index (Phi) is 11.3. The summed E-state index contributed by atoms with van der Waals surface area (Å²) in [6.45, 7) is 0.623. The first-order valence-electron chi connectivity index (χ1n) is 16.6. The van der Waals surface area contributed by atoms with E-state index in [0.29, 0.717) is 16.6 Å². The van der Waals surface area contributed by atoms with Gasteiger partial charge in [-0.2, -0.15) is 0 Å². The highest BCUT2D eigenvalue weighted by Gasteiger charge is 2.52. The van der Waals surface area contributed by atoms with Crippen molar-refractivity contribution in [3.8, 4) is 0 Å². The molecule has 11 heteroatoms. The number of para-hydroxylation sites is 1. The Morgan fingerprint density at radius 1 is 0.745 bits per heavy atom. The van der Waals surface area contributed by atoms with E-state index in [-0.39, 0.29) is 19.8 Å². The van der Waals surface area contributed by atoms with Crippen molar-refractivity contribution in [3.05, 3.63) is 177 Å². The van der Waals surface area contributed by atoms with Crippen LogP contribution < -0.4 is 0 Å². The molecular weight excluding hydrogens is 668 g/mol. The first-order chi connectivity index (χ1) is 25.1. The molecule has 0 spiro atoms. The third-order valence-corrected chi connectivity index (χ3v) is 8.79. The number of nitrogens with zero attached hydrogens (tertiary/aromatic N) is 4. The molecule has 2 fully saturated rings. The average Bonchev–Trinajstić information content (AvgIpc) is 3.18. The Bertz CT molecular complexity index is 1950. The van der Waals surface area contributed by atoms with Crippen LogP contribution in [0, 0.1) is 0 Å². The number of benzene rings is 5. The van der Waals surface area contributed by atoms with Crippen LogP contribution in [0.2, 0.25) is 5.02 Å². The number of halogens is 1. The van der Waals surface area contributed by atoms with E-state index in [9.17, 15) is 0 Å². The van der Waals surface area contributed by atoms with Crippen molar-refractivity contribution in [1.82, 2.24) is 0 Å². The Balaban J connectivity index is 1.25. The summed E-state index contributed by atoms with van der Waals surface area (Å²) in [5, 5.41) is 3.97. The zero-order valence-corrected chi connectivity index (χ0v) is 28.2. The molecule has 0 N–H and O–H groups in total. The van der Waals surface area contributed by atoms with Crippen LogP contribution in [0.5, 0.6) is 0 Å². The van der Waals surface area contributed by atoms with E-state index in [1.165, 1.54) is 0 Å². The molecule has 2 saturated heterocycles. The maximum Gasteiger partial charge on any atom is 0.231 e. The van der Waals surface area contributed by atoms with Crippen LogP contribution in [0.25, 0.3) is 10.4 Å². The minimum atomic E-state index is -0.973. The standard InChI is InChI=1S/C40H35ClN4O6/c41-32-23-28(21-22-33(32)44-45-42)25-46-36-35-34(26-48-39(50-35)30-17-9-3-10-18-30)49-40(37(36)47-24-27-13-5-1-6-14-27)51-38(29-15-7-2-8-16-29)43-31-19-11-4-12-20-31/h1-23,34-37,39-40H,24-26H2/t34-,35-,36+,37+,39?,40-/m1/s1. The summed E-state index contributed by atoms with van der Waals surface area (Å²) in [7, 11) is 0. The molecule has 0 aromatic heterocycles. The number of hydrogen-bond acceptors (Lipinski definition) is 8. The smallest absolute Gasteiger partial charge is 0.231 e. The molecule has 10 nitrogen and oxygen atoms in total. The quantitative estimate of drug-likeness (QED) is 0.0445. The number of fused-ring (bicyclic) bond motifs is 1. The zero-order valence-electron chi connectivity index (χ0n) is 27.5. The van der Waals surface area contributed by atoms with Gasteiger partial charge in [-0.1, -0.05) is 126 Å². The Labute approximate surface area is 300 Å². The van der Waals surface area contributed by atoms with Crippen molar-refractivity contribution in [2.45, 2.75) is 50.2 Å². The van der Waals surface area contributed by atoms with Crippen LogP contribution in [0.3, 0.4) is 0 Å². The number of hydrogen-bond donors (Lipinski definition) is 0. The van der Waals surface area contributed by atoms with Crippen LogP contribution in [0.4, 0.5) is 11.4 Å². The molecule has 1 unspecified atom stereocenters. The molecule has 2 aliphatic rings. The van der Waals surface area contributed by atoms with Gasteiger partial charge in [-0.3, -0.25) is 0 Å². The maximum absolute atomic E-state index is 8.91. The van der Waals surface area contributed by atoms with Crippen LogP contribution in [-0.4, -0.2) is 43.2 Å². The van der Waals surface area contributed by atoms with Gasteiger partial charge in [0.05, 0.1) is 36.2 Å². The topological polar surface area (TPSA) is 117 Å². The Morgan fingerprint density at radius 3 is 2.10 bits per heavy atom. The summed E-state index contributed by atoms with van der Waals surface area (Å²) in [6.07, 6.45) is -4.28. The number of aliphatic imine (C=N–C) groups is 1. The maximum atomic E-state index is 8.91. The largest absolute Gasteiger partial charge is 0.444 e. The first-order valence-corrected chi connectivity index (χ1v) is 17.0. The summed E-state index contributed by atoms with van der Waals surface area (Å²) in [5.41, 5.74) is 13.3. The SMILES string of the molecule is [N-]=[N+]=Nc1ccc(CO[C@@H]2[C@H](OCc3ccccc3)[C@@H](OC(=Nc3ccccc3)c3ccccc3)O[C@@H]3COC(c4ccccc4)O[C@@H]23)cc1Cl. The van der Waals surface area contributed by atoms with E-state index in [1.54, 1.807) is 18.2 Å². The van der Waals surface area contributed by atoms with Crippen molar-refractivity contribution in [1.29, 1.82) is 0 Å². The lowest BCUT2D eigenvalue weighted by Gasteiger charge is -2.48. The summed E-state index contributed by atoms with van der Waals surface area (Å²) in [4.78, 5) is 7.75. The van der Waals surface area contributed by atoms with Gasteiger partial charge in [0.2, 0.25) is 12.2 Å².